The molecule has 0 aliphatic carbocycles. The molecule has 0 amide bonds. The lowest BCUT2D eigenvalue weighted by Gasteiger charge is -2.25. The fourth-order valence-electron chi connectivity index (χ4n) is 2.71. The summed E-state index contributed by atoms with van der Waals surface area (Å²) in [6.45, 7) is 4.77. The van der Waals surface area contributed by atoms with E-state index < -0.39 is 6.10 Å². The summed E-state index contributed by atoms with van der Waals surface area (Å²) < 4.78 is 11.0. The van der Waals surface area contributed by atoms with E-state index in [0.29, 0.717) is 18.1 Å². The minimum absolute atomic E-state index is 0.184. The number of ether oxygens (including phenoxy) is 2. The van der Waals surface area contributed by atoms with E-state index in [4.69, 9.17) is 21.1 Å². The summed E-state index contributed by atoms with van der Waals surface area (Å²) in [7, 11) is 1.63. The van der Waals surface area contributed by atoms with Gasteiger partial charge in [-0.05, 0) is 29.2 Å². The van der Waals surface area contributed by atoms with Gasteiger partial charge in [-0.25, -0.2) is 0 Å². The molecule has 2 atom stereocenters. The second-order valence-corrected chi connectivity index (χ2v) is 5.80. The Labute approximate surface area is 119 Å². The van der Waals surface area contributed by atoms with Crippen molar-refractivity contribution in [2.75, 3.05) is 13.7 Å². The van der Waals surface area contributed by atoms with Crippen molar-refractivity contribution >= 4 is 11.6 Å². The van der Waals surface area contributed by atoms with Crippen LogP contribution >= 0.6 is 11.6 Å². The fraction of sp³-hybridized carbons (Fsp3) is 0.600. The molecule has 1 aliphatic rings. The van der Waals surface area contributed by atoms with E-state index in [2.05, 4.69) is 0 Å². The molecule has 3 nitrogen and oxygen atoms in total. The number of aliphatic hydroxyl groups excluding tert-OH is 1. The van der Waals surface area contributed by atoms with Crippen LogP contribution in [0.3, 0.4) is 0 Å². The van der Waals surface area contributed by atoms with E-state index in [0.717, 1.165) is 23.3 Å². The number of halogens is 1. The maximum absolute atomic E-state index is 10.3. The first-order valence-corrected chi connectivity index (χ1v) is 7.05. The highest BCUT2D eigenvalue weighted by molar-refractivity contribution is 6.30. The molecule has 1 heterocycles. The number of hydrogen-bond acceptors (Lipinski definition) is 3. The quantitative estimate of drug-likeness (QED) is 0.904. The molecule has 0 saturated carbocycles. The predicted molar refractivity (Wildman–Crippen MR) is 76.0 cm³/mol. The normalized spacial score (nSPS) is 17.2. The summed E-state index contributed by atoms with van der Waals surface area (Å²) in [6, 6.07) is 3.82. The monoisotopic (exact) mass is 284 g/mol. The standard InChI is InChI=1S/C15H21ClO3/c1-9(2)14(18-3)13(17)8-11-7-12(16)6-10-4-5-19-15(10)11/h6-7,9,13-14,17H,4-5,8H2,1-3H3. The number of methoxy groups -OCH3 is 1. The van der Waals surface area contributed by atoms with Crippen molar-refractivity contribution in [2.24, 2.45) is 5.92 Å². The van der Waals surface area contributed by atoms with Crippen molar-refractivity contribution in [3.8, 4) is 5.75 Å². The van der Waals surface area contributed by atoms with E-state index in [1.165, 1.54) is 0 Å². The number of benzene rings is 1. The Kier molecular flexibility index (Phi) is 4.71. The Balaban J connectivity index is 2.19. The molecule has 19 heavy (non-hydrogen) atoms. The predicted octanol–water partition coefficient (Wildman–Crippen LogP) is 2.85. The van der Waals surface area contributed by atoms with Crippen LogP contribution in [0.25, 0.3) is 0 Å². The van der Waals surface area contributed by atoms with Gasteiger partial charge < -0.3 is 14.6 Å². The van der Waals surface area contributed by atoms with Crippen LogP contribution in [0, 0.1) is 5.92 Å². The summed E-state index contributed by atoms with van der Waals surface area (Å²) in [5.41, 5.74) is 2.10. The lowest BCUT2D eigenvalue weighted by Crippen LogP contribution is -2.34. The highest BCUT2D eigenvalue weighted by atomic mass is 35.5. The van der Waals surface area contributed by atoms with Crippen molar-refractivity contribution in [3.05, 3.63) is 28.3 Å². The van der Waals surface area contributed by atoms with Crippen LogP contribution in [-0.2, 0) is 17.6 Å². The minimum Gasteiger partial charge on any atom is -0.493 e. The van der Waals surface area contributed by atoms with Gasteiger partial charge in [0.25, 0.3) is 0 Å². The van der Waals surface area contributed by atoms with Gasteiger partial charge >= 0.3 is 0 Å². The average Bonchev–Trinajstić information content (AvgIpc) is 2.77. The highest BCUT2D eigenvalue weighted by Gasteiger charge is 2.25. The second kappa shape index (κ2) is 6.12. The van der Waals surface area contributed by atoms with E-state index in [9.17, 15) is 5.11 Å². The highest BCUT2D eigenvalue weighted by Crippen LogP contribution is 2.34. The van der Waals surface area contributed by atoms with Crippen LogP contribution < -0.4 is 4.74 Å². The molecule has 106 valence electrons. The summed E-state index contributed by atoms with van der Waals surface area (Å²) in [6.07, 6.45) is 0.643. The minimum atomic E-state index is -0.559. The summed E-state index contributed by atoms with van der Waals surface area (Å²) in [5.74, 6) is 1.15. The zero-order valence-electron chi connectivity index (χ0n) is 11.6. The summed E-state index contributed by atoms with van der Waals surface area (Å²) >= 11 is 6.12. The molecule has 0 fully saturated rings. The maximum atomic E-state index is 10.3. The van der Waals surface area contributed by atoms with Crippen molar-refractivity contribution in [2.45, 2.75) is 38.9 Å². The molecule has 0 aromatic heterocycles. The molecule has 0 saturated heterocycles. The van der Waals surface area contributed by atoms with E-state index >= 15 is 0 Å². The number of rotatable bonds is 5. The van der Waals surface area contributed by atoms with Crippen molar-refractivity contribution in [3.63, 3.8) is 0 Å². The average molecular weight is 285 g/mol. The first-order valence-electron chi connectivity index (χ1n) is 6.68. The van der Waals surface area contributed by atoms with E-state index in [-0.39, 0.29) is 12.0 Å². The maximum Gasteiger partial charge on any atom is 0.126 e. The molecule has 1 aliphatic heterocycles. The van der Waals surface area contributed by atoms with Gasteiger partial charge in [-0.15, -0.1) is 0 Å². The lowest BCUT2D eigenvalue weighted by molar-refractivity contribution is -0.0369. The molecule has 0 spiro atoms. The smallest absolute Gasteiger partial charge is 0.126 e. The van der Waals surface area contributed by atoms with Crippen molar-refractivity contribution < 1.29 is 14.6 Å². The zero-order chi connectivity index (χ0) is 14.0. The second-order valence-electron chi connectivity index (χ2n) is 5.37. The van der Waals surface area contributed by atoms with Gasteiger partial charge in [0.05, 0.1) is 18.8 Å². The van der Waals surface area contributed by atoms with E-state index in [1.807, 2.05) is 26.0 Å². The summed E-state index contributed by atoms with van der Waals surface area (Å²) in [5, 5.41) is 11.0. The first-order chi connectivity index (χ1) is 9.02. The SMILES string of the molecule is COC(C(C)C)C(O)Cc1cc(Cl)cc2c1OCC2. The molecule has 2 unspecified atom stereocenters. The van der Waals surface area contributed by atoms with Gasteiger partial charge in [0.1, 0.15) is 5.75 Å². The third kappa shape index (κ3) is 3.22. The van der Waals surface area contributed by atoms with Crippen LogP contribution in [0.1, 0.15) is 25.0 Å². The zero-order valence-corrected chi connectivity index (χ0v) is 12.4. The third-order valence-electron chi connectivity index (χ3n) is 3.56. The van der Waals surface area contributed by atoms with Gasteiger partial charge in [0.15, 0.2) is 0 Å². The summed E-state index contributed by atoms with van der Waals surface area (Å²) in [4.78, 5) is 0. The molecule has 1 aromatic rings. The molecular weight excluding hydrogens is 264 g/mol. The molecule has 0 bridgehead atoms. The Hall–Kier alpha value is -0.770. The Morgan fingerprint density at radius 2 is 2.16 bits per heavy atom. The lowest BCUT2D eigenvalue weighted by atomic mass is 9.95. The first kappa shape index (κ1) is 14.6. The van der Waals surface area contributed by atoms with Gasteiger partial charge in [0, 0.05) is 25.0 Å². The Bertz CT molecular complexity index is 445. The van der Waals surface area contributed by atoms with Crippen molar-refractivity contribution in [1.82, 2.24) is 0 Å². The molecule has 0 radical (unpaired) electrons. The van der Waals surface area contributed by atoms with Gasteiger partial charge in [0.2, 0.25) is 0 Å². The van der Waals surface area contributed by atoms with Gasteiger partial charge in [-0.1, -0.05) is 25.4 Å². The van der Waals surface area contributed by atoms with Crippen LogP contribution in [0.5, 0.6) is 5.75 Å². The largest absolute Gasteiger partial charge is 0.493 e. The Morgan fingerprint density at radius 1 is 1.42 bits per heavy atom. The van der Waals surface area contributed by atoms with E-state index in [1.54, 1.807) is 7.11 Å². The molecule has 1 aromatic carbocycles. The van der Waals surface area contributed by atoms with Crippen LogP contribution in [0.2, 0.25) is 5.02 Å². The number of fused-ring (bicyclic) bond motifs is 1. The molecule has 1 N–H and O–H groups in total. The number of hydrogen-bond donors (Lipinski definition) is 1. The van der Waals surface area contributed by atoms with Gasteiger partial charge in [-0.2, -0.15) is 0 Å². The Morgan fingerprint density at radius 3 is 2.79 bits per heavy atom. The number of aliphatic hydroxyl groups is 1. The molecule has 2 rings (SSSR count). The van der Waals surface area contributed by atoms with Crippen molar-refractivity contribution in [1.29, 1.82) is 0 Å². The molecular formula is C15H21ClO3. The van der Waals surface area contributed by atoms with Gasteiger partial charge in [-0.3, -0.25) is 0 Å². The fourth-order valence-corrected chi connectivity index (χ4v) is 2.98. The molecule has 4 heteroatoms. The van der Waals surface area contributed by atoms with Crippen LogP contribution in [0.4, 0.5) is 0 Å². The third-order valence-corrected chi connectivity index (χ3v) is 3.78. The van der Waals surface area contributed by atoms with Crippen LogP contribution in [0.15, 0.2) is 12.1 Å². The van der Waals surface area contributed by atoms with Crippen LogP contribution in [-0.4, -0.2) is 31.0 Å². The topological polar surface area (TPSA) is 38.7 Å².